The summed E-state index contributed by atoms with van der Waals surface area (Å²) in [6, 6.07) is 12.5. The first-order valence-electron chi connectivity index (χ1n) is 8.76. The molecule has 3 heterocycles. The van der Waals surface area contributed by atoms with E-state index in [4.69, 9.17) is 4.42 Å². The molecule has 0 amide bonds. The van der Waals surface area contributed by atoms with Crippen LogP contribution in [0.5, 0.6) is 0 Å². The summed E-state index contributed by atoms with van der Waals surface area (Å²) in [7, 11) is 0. The molecule has 5 heteroatoms. The molecule has 1 fully saturated rings. The minimum absolute atomic E-state index is 0.916. The van der Waals surface area contributed by atoms with Gasteiger partial charge in [0.05, 0.1) is 12.8 Å². The average molecular weight is 353 g/mol. The van der Waals surface area contributed by atoms with E-state index < -0.39 is 0 Å². The maximum atomic E-state index is 5.45. The molecule has 4 nitrogen and oxygen atoms in total. The fraction of sp³-hybridized carbons (Fsp3) is 0.350. The normalized spacial score (nSPS) is 16.4. The van der Waals surface area contributed by atoms with Crippen LogP contribution in [0.15, 0.2) is 53.3 Å². The number of furan rings is 1. The highest BCUT2D eigenvalue weighted by Crippen LogP contribution is 2.28. The van der Waals surface area contributed by atoms with Crippen LogP contribution >= 0.6 is 11.3 Å². The van der Waals surface area contributed by atoms with Crippen molar-refractivity contribution >= 4 is 11.3 Å². The summed E-state index contributed by atoms with van der Waals surface area (Å²) in [4.78, 5) is 11.0. The van der Waals surface area contributed by atoms with Crippen molar-refractivity contribution < 1.29 is 4.42 Å². The molecule has 1 saturated heterocycles. The molecule has 25 heavy (non-hydrogen) atoms. The zero-order valence-corrected chi connectivity index (χ0v) is 15.3. The zero-order chi connectivity index (χ0) is 17.1. The minimum Gasteiger partial charge on any atom is -0.468 e. The number of rotatable bonds is 5. The number of hydrogen-bond acceptors (Lipinski definition) is 5. The third-order valence-electron chi connectivity index (χ3n) is 4.73. The van der Waals surface area contributed by atoms with Gasteiger partial charge < -0.3 is 4.42 Å². The van der Waals surface area contributed by atoms with Crippen molar-refractivity contribution in [2.45, 2.75) is 20.0 Å². The molecular weight excluding hydrogens is 330 g/mol. The number of nitrogens with zero attached hydrogens (tertiary/aromatic N) is 3. The highest BCUT2D eigenvalue weighted by Gasteiger charge is 2.19. The second-order valence-electron chi connectivity index (χ2n) is 6.58. The largest absolute Gasteiger partial charge is 0.468 e. The fourth-order valence-electron chi connectivity index (χ4n) is 3.27. The molecule has 0 radical (unpaired) electrons. The van der Waals surface area contributed by atoms with Crippen molar-refractivity contribution in [2.75, 3.05) is 26.2 Å². The van der Waals surface area contributed by atoms with Gasteiger partial charge in [0.25, 0.3) is 0 Å². The average Bonchev–Trinajstić information content (AvgIpc) is 3.29. The number of piperazine rings is 1. The Morgan fingerprint density at radius 3 is 2.48 bits per heavy atom. The van der Waals surface area contributed by atoms with Crippen LogP contribution in [0.2, 0.25) is 0 Å². The maximum Gasteiger partial charge on any atom is 0.123 e. The molecule has 0 atom stereocenters. The minimum atomic E-state index is 0.916. The summed E-state index contributed by atoms with van der Waals surface area (Å²) in [6.07, 6.45) is 3.79. The highest BCUT2D eigenvalue weighted by molar-refractivity contribution is 7.15. The lowest BCUT2D eigenvalue weighted by Crippen LogP contribution is -2.45. The summed E-state index contributed by atoms with van der Waals surface area (Å²) in [5.41, 5.74) is 2.54. The van der Waals surface area contributed by atoms with Gasteiger partial charge in [-0.15, -0.1) is 11.3 Å². The lowest BCUT2D eigenvalue weighted by molar-refractivity contribution is 0.117. The summed E-state index contributed by atoms with van der Waals surface area (Å²) in [6.45, 7) is 8.43. The van der Waals surface area contributed by atoms with Gasteiger partial charge in [0.15, 0.2) is 0 Å². The Kier molecular flexibility index (Phi) is 4.97. The van der Waals surface area contributed by atoms with Gasteiger partial charge in [-0.05, 0) is 24.6 Å². The molecule has 1 aliphatic heterocycles. The molecular formula is C20H23N3OS. The highest BCUT2D eigenvalue weighted by atomic mass is 32.1. The lowest BCUT2D eigenvalue weighted by Gasteiger charge is -2.33. The van der Waals surface area contributed by atoms with Crippen LogP contribution in [0, 0.1) is 6.92 Å². The second kappa shape index (κ2) is 7.52. The third kappa shape index (κ3) is 4.00. The molecule has 0 aliphatic carbocycles. The van der Waals surface area contributed by atoms with Crippen molar-refractivity contribution in [2.24, 2.45) is 0 Å². The van der Waals surface area contributed by atoms with Gasteiger partial charge in [0.2, 0.25) is 0 Å². The second-order valence-corrected chi connectivity index (χ2v) is 7.69. The van der Waals surface area contributed by atoms with Crippen molar-refractivity contribution in [3.63, 3.8) is 0 Å². The van der Waals surface area contributed by atoms with Gasteiger partial charge >= 0.3 is 0 Å². The third-order valence-corrected chi connectivity index (χ3v) is 5.75. The van der Waals surface area contributed by atoms with Gasteiger partial charge in [-0.25, -0.2) is 4.98 Å². The Morgan fingerprint density at radius 1 is 1.00 bits per heavy atom. The van der Waals surface area contributed by atoms with Gasteiger partial charge in [0.1, 0.15) is 10.8 Å². The smallest absolute Gasteiger partial charge is 0.123 e. The van der Waals surface area contributed by atoms with Crippen molar-refractivity contribution in [3.8, 4) is 10.6 Å². The van der Waals surface area contributed by atoms with E-state index >= 15 is 0 Å². The summed E-state index contributed by atoms with van der Waals surface area (Å²) in [5.74, 6) is 1.05. The topological polar surface area (TPSA) is 32.5 Å². The van der Waals surface area contributed by atoms with Crippen molar-refractivity contribution in [1.29, 1.82) is 0 Å². The molecule has 4 rings (SSSR count). The molecule has 130 valence electrons. The first-order chi connectivity index (χ1) is 12.3. The van der Waals surface area contributed by atoms with Crippen LogP contribution in [0.4, 0.5) is 0 Å². The van der Waals surface area contributed by atoms with Crippen LogP contribution < -0.4 is 0 Å². The van der Waals surface area contributed by atoms with Gasteiger partial charge in [-0.2, -0.15) is 0 Å². The predicted octanol–water partition coefficient (Wildman–Crippen LogP) is 4.03. The van der Waals surface area contributed by atoms with Crippen LogP contribution in [0.25, 0.3) is 10.6 Å². The molecule has 0 bridgehead atoms. The van der Waals surface area contributed by atoms with Crippen molar-refractivity contribution in [3.05, 3.63) is 65.1 Å². The number of aromatic nitrogens is 1. The van der Waals surface area contributed by atoms with Gasteiger partial charge in [0, 0.05) is 49.4 Å². The van der Waals surface area contributed by atoms with E-state index in [2.05, 4.69) is 52.0 Å². The Bertz CT molecular complexity index is 804. The van der Waals surface area contributed by atoms with E-state index in [0.29, 0.717) is 0 Å². The molecule has 0 spiro atoms. The first kappa shape index (κ1) is 16.5. The number of hydrogen-bond donors (Lipinski definition) is 0. The number of aryl methyl sites for hydroxylation is 1. The van der Waals surface area contributed by atoms with Crippen molar-refractivity contribution in [1.82, 2.24) is 14.8 Å². The summed E-state index contributed by atoms with van der Waals surface area (Å²) in [5, 5.41) is 1.13. The van der Waals surface area contributed by atoms with E-state index in [0.717, 1.165) is 50.0 Å². The zero-order valence-electron chi connectivity index (χ0n) is 14.5. The summed E-state index contributed by atoms with van der Waals surface area (Å²) >= 11 is 1.82. The molecule has 0 N–H and O–H groups in total. The van der Waals surface area contributed by atoms with Gasteiger partial charge in [-0.3, -0.25) is 9.80 Å². The molecule has 2 aromatic heterocycles. The molecule has 1 aliphatic rings. The molecule has 0 saturated carbocycles. The molecule has 0 unspecified atom stereocenters. The van der Waals surface area contributed by atoms with Crippen LogP contribution in [0.1, 0.15) is 16.2 Å². The monoisotopic (exact) mass is 353 g/mol. The Labute approximate surface area is 152 Å². The maximum absolute atomic E-state index is 5.45. The molecule has 1 aromatic carbocycles. The SMILES string of the molecule is Cc1ccccc1-c1ncc(CN2CCN(Cc3ccco3)CC2)s1. The Morgan fingerprint density at radius 2 is 1.76 bits per heavy atom. The van der Waals surface area contributed by atoms with E-state index in [1.54, 1.807) is 6.26 Å². The van der Waals surface area contributed by atoms with E-state index in [-0.39, 0.29) is 0 Å². The van der Waals surface area contributed by atoms with E-state index in [1.165, 1.54) is 16.0 Å². The Balaban J connectivity index is 1.32. The number of thiazole rings is 1. The predicted molar refractivity (Wildman–Crippen MR) is 102 cm³/mol. The van der Waals surface area contributed by atoms with Crippen LogP contribution in [0.3, 0.4) is 0 Å². The number of benzene rings is 1. The standard InChI is InChI=1S/C20H23N3OS/c1-16-5-2-3-7-19(16)20-21-13-18(25-20)15-23-10-8-22(9-11-23)14-17-6-4-12-24-17/h2-7,12-13H,8-11,14-15H2,1H3. The first-order valence-corrected chi connectivity index (χ1v) is 9.57. The lowest BCUT2D eigenvalue weighted by atomic mass is 10.1. The summed E-state index contributed by atoms with van der Waals surface area (Å²) < 4.78 is 5.45. The quantitative estimate of drug-likeness (QED) is 0.693. The van der Waals surface area contributed by atoms with Crippen LogP contribution in [-0.4, -0.2) is 41.0 Å². The van der Waals surface area contributed by atoms with E-state index in [1.807, 2.05) is 23.6 Å². The Hall–Kier alpha value is -1.95. The van der Waals surface area contributed by atoms with Crippen LogP contribution in [-0.2, 0) is 13.1 Å². The van der Waals surface area contributed by atoms with Gasteiger partial charge in [-0.1, -0.05) is 24.3 Å². The molecule has 3 aromatic rings. The van der Waals surface area contributed by atoms with E-state index in [9.17, 15) is 0 Å². The fourth-order valence-corrected chi connectivity index (χ4v) is 4.31.